The number of benzene rings is 1. The third kappa shape index (κ3) is 15.2. The maximum atomic E-state index is 12.6. The molecule has 0 aliphatic rings. The maximum Gasteiger partial charge on any atom is 0.338 e. The summed E-state index contributed by atoms with van der Waals surface area (Å²) in [6.45, 7) is 4.27. The Balaban J connectivity index is 1.47. The maximum absolute atomic E-state index is 12.6. The van der Waals surface area contributed by atoms with Crippen LogP contribution < -0.4 is 4.57 Å². The molecular weight excluding hydrogens is 476 g/mol. The van der Waals surface area contributed by atoms with Crippen molar-refractivity contribution in [1.29, 1.82) is 0 Å². The van der Waals surface area contributed by atoms with Gasteiger partial charge in [-0.15, -0.1) is 0 Å². The first-order chi connectivity index (χ1) is 18.7. The fourth-order valence-corrected chi connectivity index (χ4v) is 4.51. The van der Waals surface area contributed by atoms with Crippen molar-refractivity contribution in [3.8, 4) is 0 Å². The van der Waals surface area contributed by atoms with Crippen molar-refractivity contribution in [2.24, 2.45) is 0 Å². The van der Waals surface area contributed by atoms with Crippen LogP contribution in [0, 0.1) is 0 Å². The van der Waals surface area contributed by atoms with Crippen molar-refractivity contribution in [2.45, 2.75) is 109 Å². The third-order valence-electron chi connectivity index (χ3n) is 6.90. The number of carbonyl (C=O) groups is 1. The predicted molar refractivity (Wildman–Crippen MR) is 152 cm³/mol. The number of nitrogens with zero attached hydrogens (tertiary/aromatic N) is 2. The molecule has 1 unspecified atom stereocenters. The summed E-state index contributed by atoms with van der Waals surface area (Å²) in [6.07, 6.45) is 25.9. The molecule has 0 bridgehead atoms. The van der Waals surface area contributed by atoms with Gasteiger partial charge in [-0.1, -0.05) is 103 Å². The van der Waals surface area contributed by atoms with Crippen LogP contribution in [0.5, 0.6) is 0 Å². The summed E-state index contributed by atoms with van der Waals surface area (Å²) in [5.74, 6) is -0.347. The molecule has 0 saturated heterocycles. The second-order valence-corrected chi connectivity index (χ2v) is 10.2. The first-order valence-electron chi connectivity index (χ1n) is 14.9. The van der Waals surface area contributed by atoms with E-state index in [9.17, 15) is 4.79 Å². The smallest absolute Gasteiger partial charge is 0.338 e. The number of carbonyl (C=O) groups excluding carboxylic acids is 1. The highest BCUT2D eigenvalue weighted by molar-refractivity contribution is 5.89. The van der Waals surface area contributed by atoms with Crippen LogP contribution in [0.4, 0.5) is 0 Å². The first-order valence-corrected chi connectivity index (χ1v) is 14.9. The molecule has 1 atom stereocenters. The average Bonchev–Trinajstić information content (AvgIpc) is 2.95. The molecule has 0 N–H and O–H groups in total. The zero-order chi connectivity index (χ0) is 27.1. The van der Waals surface area contributed by atoms with E-state index in [4.69, 9.17) is 14.2 Å². The SMILES string of the molecule is CCCCCCCCCCCCCCCCOCC(COC(=O)c1cccc(C[n+]2ccncc2)c1)OC. The lowest BCUT2D eigenvalue weighted by Gasteiger charge is -2.16. The lowest BCUT2D eigenvalue weighted by Crippen LogP contribution is -2.33. The Morgan fingerprint density at radius 1 is 0.842 bits per heavy atom. The zero-order valence-electron chi connectivity index (χ0n) is 24.0. The fourth-order valence-electron chi connectivity index (χ4n) is 4.51. The topological polar surface area (TPSA) is 61.5 Å². The van der Waals surface area contributed by atoms with Crippen molar-refractivity contribution < 1.29 is 23.6 Å². The summed E-state index contributed by atoms with van der Waals surface area (Å²) in [5.41, 5.74) is 1.56. The van der Waals surface area contributed by atoms with Gasteiger partial charge in [-0.05, 0) is 18.6 Å². The van der Waals surface area contributed by atoms with E-state index in [-0.39, 0.29) is 18.7 Å². The average molecular weight is 528 g/mol. The van der Waals surface area contributed by atoms with Crippen molar-refractivity contribution in [3.63, 3.8) is 0 Å². The summed E-state index contributed by atoms with van der Waals surface area (Å²) in [5, 5.41) is 0. The zero-order valence-corrected chi connectivity index (χ0v) is 24.0. The number of rotatable bonds is 23. The molecule has 2 rings (SSSR count). The van der Waals surface area contributed by atoms with E-state index in [1.54, 1.807) is 25.6 Å². The van der Waals surface area contributed by atoms with Crippen LogP contribution in [0.3, 0.4) is 0 Å². The van der Waals surface area contributed by atoms with Crippen molar-refractivity contribution in [1.82, 2.24) is 4.98 Å². The second-order valence-electron chi connectivity index (χ2n) is 10.2. The van der Waals surface area contributed by atoms with Gasteiger partial charge in [0.25, 0.3) is 0 Å². The van der Waals surface area contributed by atoms with E-state index in [2.05, 4.69) is 11.9 Å². The molecule has 1 aromatic heterocycles. The summed E-state index contributed by atoms with van der Waals surface area (Å²) in [6, 6.07) is 7.51. The van der Waals surface area contributed by atoms with Crippen molar-refractivity contribution in [3.05, 3.63) is 60.2 Å². The number of hydrogen-bond donors (Lipinski definition) is 0. The molecule has 1 aromatic carbocycles. The van der Waals surface area contributed by atoms with Crippen LogP contribution in [-0.4, -0.2) is 44.0 Å². The highest BCUT2D eigenvalue weighted by Gasteiger charge is 2.14. The number of methoxy groups -OCH3 is 1. The Kier molecular flexibility index (Phi) is 18.1. The molecule has 212 valence electrons. The van der Waals surface area contributed by atoms with Crippen LogP contribution in [0.2, 0.25) is 0 Å². The standard InChI is InChI=1S/C32H51N2O4/c1-3-4-5-6-7-8-9-10-11-12-13-14-15-16-24-37-27-31(36-2)28-38-32(35)30-19-17-18-29(25-30)26-34-22-20-33-21-23-34/h17-23,25,31H,3-16,24,26-28H2,1-2H3/q+1. The molecule has 0 amide bonds. The number of esters is 1. The minimum absolute atomic E-state index is 0.178. The van der Waals surface area contributed by atoms with Gasteiger partial charge in [0.15, 0.2) is 18.9 Å². The van der Waals surface area contributed by atoms with E-state index in [0.717, 1.165) is 18.6 Å². The van der Waals surface area contributed by atoms with Gasteiger partial charge in [-0.3, -0.25) is 4.98 Å². The van der Waals surface area contributed by atoms with E-state index >= 15 is 0 Å². The normalized spacial score (nSPS) is 11.9. The molecule has 6 heteroatoms. The van der Waals surface area contributed by atoms with E-state index in [1.165, 1.54) is 83.5 Å². The Morgan fingerprint density at radius 3 is 2.05 bits per heavy atom. The first kappa shape index (κ1) is 31.9. The second kappa shape index (κ2) is 21.6. The molecule has 0 aliphatic heterocycles. The van der Waals surface area contributed by atoms with Gasteiger partial charge < -0.3 is 14.2 Å². The third-order valence-corrected chi connectivity index (χ3v) is 6.90. The molecule has 0 aliphatic carbocycles. The van der Waals surface area contributed by atoms with E-state index in [0.29, 0.717) is 18.7 Å². The molecule has 0 fully saturated rings. The molecule has 0 saturated carbocycles. The van der Waals surface area contributed by atoms with Gasteiger partial charge >= 0.3 is 5.97 Å². The molecule has 0 spiro atoms. The highest BCUT2D eigenvalue weighted by Crippen LogP contribution is 2.13. The Hall–Kier alpha value is -2.31. The Bertz CT molecular complexity index is 846. The molecule has 1 heterocycles. The van der Waals surface area contributed by atoms with Crippen molar-refractivity contribution >= 4 is 5.97 Å². The largest absolute Gasteiger partial charge is 0.459 e. The summed E-state index contributed by atoms with van der Waals surface area (Å²) in [4.78, 5) is 16.6. The molecule has 6 nitrogen and oxygen atoms in total. The van der Waals surface area contributed by atoms with E-state index < -0.39 is 0 Å². The number of ether oxygens (including phenoxy) is 3. The Labute approximate surface area is 231 Å². The van der Waals surface area contributed by atoms with Gasteiger partial charge in [-0.25, -0.2) is 4.79 Å². The van der Waals surface area contributed by atoms with Crippen LogP contribution >= 0.6 is 0 Å². The number of unbranched alkanes of at least 4 members (excludes halogenated alkanes) is 13. The van der Waals surface area contributed by atoms with Gasteiger partial charge in [-0.2, -0.15) is 4.57 Å². The summed E-state index contributed by atoms with van der Waals surface area (Å²) < 4.78 is 18.8. The minimum Gasteiger partial charge on any atom is -0.459 e. The lowest BCUT2D eigenvalue weighted by atomic mass is 10.0. The monoisotopic (exact) mass is 527 g/mol. The minimum atomic E-state index is -0.347. The molecule has 0 radical (unpaired) electrons. The van der Waals surface area contributed by atoms with Crippen LogP contribution in [0.1, 0.15) is 113 Å². The predicted octanol–water partition coefficient (Wildman–Crippen LogP) is 7.09. The summed E-state index contributed by atoms with van der Waals surface area (Å²) >= 11 is 0. The molecule has 2 aromatic rings. The Morgan fingerprint density at radius 2 is 1.45 bits per heavy atom. The quantitative estimate of drug-likeness (QED) is 0.0877. The number of aromatic nitrogens is 2. The lowest BCUT2D eigenvalue weighted by molar-refractivity contribution is -0.688. The van der Waals surface area contributed by atoms with Gasteiger partial charge in [0.1, 0.15) is 12.7 Å². The highest BCUT2D eigenvalue weighted by atomic mass is 16.6. The number of hydrogen-bond acceptors (Lipinski definition) is 5. The fraction of sp³-hybridized carbons (Fsp3) is 0.656. The van der Waals surface area contributed by atoms with E-state index in [1.807, 2.05) is 35.2 Å². The van der Waals surface area contributed by atoms with Gasteiger partial charge in [0.05, 0.1) is 24.6 Å². The molecular formula is C32H51N2O4+. The van der Waals surface area contributed by atoms with Gasteiger partial charge in [0.2, 0.25) is 0 Å². The molecule has 38 heavy (non-hydrogen) atoms. The summed E-state index contributed by atoms with van der Waals surface area (Å²) in [7, 11) is 1.63. The van der Waals surface area contributed by atoms with Crippen LogP contribution in [0.25, 0.3) is 0 Å². The van der Waals surface area contributed by atoms with Crippen LogP contribution in [-0.2, 0) is 20.8 Å². The van der Waals surface area contributed by atoms with Crippen molar-refractivity contribution in [2.75, 3.05) is 26.9 Å². The van der Waals surface area contributed by atoms with Crippen LogP contribution in [0.15, 0.2) is 49.1 Å². The van der Waals surface area contributed by atoms with Gasteiger partial charge in [0, 0.05) is 19.3 Å².